The molecule has 35 heavy (non-hydrogen) atoms. The number of aryl methyl sites for hydroxylation is 1. The quantitative estimate of drug-likeness (QED) is 0.345. The zero-order valence-electron chi connectivity index (χ0n) is 19.0. The summed E-state index contributed by atoms with van der Waals surface area (Å²) in [6.07, 6.45) is 0. The number of anilines is 1. The second kappa shape index (κ2) is 11.4. The van der Waals surface area contributed by atoms with Gasteiger partial charge in [-0.1, -0.05) is 36.4 Å². The van der Waals surface area contributed by atoms with Crippen LogP contribution in [-0.2, 0) is 20.9 Å². The van der Waals surface area contributed by atoms with Crippen molar-refractivity contribution in [1.82, 2.24) is 5.32 Å². The van der Waals surface area contributed by atoms with Gasteiger partial charge in [-0.3, -0.25) is 9.59 Å². The number of thioether (sulfide) groups is 1. The van der Waals surface area contributed by atoms with Gasteiger partial charge in [0, 0.05) is 23.2 Å². The third-order valence-electron chi connectivity index (χ3n) is 5.19. The van der Waals surface area contributed by atoms with Gasteiger partial charge in [-0.05, 0) is 42.3 Å². The number of nitrogens with one attached hydrogen (secondary N) is 2. The smallest absolute Gasteiger partial charge is 0.339 e. The molecule has 8 nitrogen and oxygen atoms in total. The molecular formula is C26H24N2O6S. The Labute approximate surface area is 207 Å². The van der Waals surface area contributed by atoms with Gasteiger partial charge in [-0.15, -0.1) is 11.8 Å². The lowest BCUT2D eigenvalue weighted by Crippen LogP contribution is -2.28. The zero-order valence-corrected chi connectivity index (χ0v) is 19.9. The van der Waals surface area contributed by atoms with E-state index < -0.39 is 18.5 Å². The van der Waals surface area contributed by atoms with Crippen LogP contribution < -0.4 is 20.1 Å². The predicted molar refractivity (Wildman–Crippen MR) is 132 cm³/mol. The van der Waals surface area contributed by atoms with Crippen molar-refractivity contribution in [2.45, 2.75) is 18.4 Å². The Morgan fingerprint density at radius 1 is 0.943 bits per heavy atom. The first kappa shape index (κ1) is 24.2. The highest BCUT2D eigenvalue weighted by atomic mass is 32.2. The van der Waals surface area contributed by atoms with E-state index in [0.717, 1.165) is 11.1 Å². The number of carbonyl (C=O) groups excluding carboxylic acids is 3. The summed E-state index contributed by atoms with van der Waals surface area (Å²) in [5.41, 5.74) is 2.94. The summed E-state index contributed by atoms with van der Waals surface area (Å²) >= 11 is 1.20. The first-order valence-corrected chi connectivity index (χ1v) is 11.9. The maximum absolute atomic E-state index is 12.6. The molecule has 3 aromatic rings. The number of rotatable bonds is 9. The van der Waals surface area contributed by atoms with Gasteiger partial charge in [0.25, 0.3) is 5.91 Å². The lowest BCUT2D eigenvalue weighted by molar-refractivity contribution is -0.124. The molecule has 0 aromatic heterocycles. The van der Waals surface area contributed by atoms with E-state index in [0.29, 0.717) is 34.2 Å². The Bertz CT molecular complexity index is 1250. The van der Waals surface area contributed by atoms with E-state index in [1.165, 1.54) is 11.8 Å². The number of carbonyl (C=O) groups is 3. The fraction of sp³-hybridized carbons (Fsp3) is 0.192. The van der Waals surface area contributed by atoms with Crippen LogP contribution in [0, 0.1) is 6.92 Å². The average Bonchev–Trinajstić information content (AvgIpc) is 3.34. The van der Waals surface area contributed by atoms with E-state index in [4.69, 9.17) is 14.2 Å². The van der Waals surface area contributed by atoms with Crippen LogP contribution in [0.15, 0.2) is 71.6 Å². The van der Waals surface area contributed by atoms with Crippen molar-refractivity contribution in [3.63, 3.8) is 0 Å². The summed E-state index contributed by atoms with van der Waals surface area (Å²) in [5.74, 6) is 0.0216. The van der Waals surface area contributed by atoms with Gasteiger partial charge in [0.1, 0.15) is 0 Å². The Morgan fingerprint density at radius 3 is 2.57 bits per heavy atom. The van der Waals surface area contributed by atoms with Crippen molar-refractivity contribution < 1.29 is 28.6 Å². The van der Waals surface area contributed by atoms with Crippen LogP contribution in [0.2, 0.25) is 0 Å². The molecule has 1 heterocycles. The van der Waals surface area contributed by atoms with E-state index in [1.807, 2.05) is 31.2 Å². The number of fused-ring (bicyclic) bond motifs is 1. The van der Waals surface area contributed by atoms with Crippen LogP contribution in [0.4, 0.5) is 5.69 Å². The fourth-order valence-corrected chi connectivity index (χ4v) is 4.18. The van der Waals surface area contributed by atoms with Crippen molar-refractivity contribution in [3.05, 3.63) is 83.4 Å². The number of benzene rings is 3. The standard InChI is InChI=1S/C26H24N2O6S/c1-17-6-2-3-7-18(17)13-27-24(29)14-32-26(31)20-8-4-5-9-23(20)35-15-25(30)28-19-10-11-21-22(12-19)34-16-33-21/h2-12H,13-16H2,1H3,(H,27,29)(H,28,30). The van der Waals surface area contributed by atoms with Crippen molar-refractivity contribution in [2.24, 2.45) is 0 Å². The minimum Gasteiger partial charge on any atom is -0.454 e. The second-order valence-electron chi connectivity index (χ2n) is 7.68. The van der Waals surface area contributed by atoms with Crippen molar-refractivity contribution in [2.75, 3.05) is 24.5 Å². The lowest BCUT2D eigenvalue weighted by atomic mass is 10.1. The summed E-state index contributed by atoms with van der Waals surface area (Å²) in [7, 11) is 0. The third kappa shape index (κ3) is 6.54. The van der Waals surface area contributed by atoms with E-state index in [-0.39, 0.29) is 18.5 Å². The summed E-state index contributed by atoms with van der Waals surface area (Å²) in [5, 5.41) is 5.55. The Hall–Kier alpha value is -3.98. The van der Waals surface area contributed by atoms with Gasteiger partial charge >= 0.3 is 5.97 Å². The van der Waals surface area contributed by atoms with E-state index in [1.54, 1.807) is 42.5 Å². The van der Waals surface area contributed by atoms with Crippen molar-refractivity contribution in [3.8, 4) is 11.5 Å². The highest BCUT2D eigenvalue weighted by Gasteiger charge is 2.17. The lowest BCUT2D eigenvalue weighted by Gasteiger charge is -2.11. The maximum atomic E-state index is 12.6. The third-order valence-corrected chi connectivity index (χ3v) is 6.27. The van der Waals surface area contributed by atoms with E-state index in [2.05, 4.69) is 10.6 Å². The number of ether oxygens (including phenoxy) is 3. The number of hydrogen-bond acceptors (Lipinski definition) is 7. The molecule has 0 saturated heterocycles. The van der Waals surface area contributed by atoms with Crippen LogP contribution in [0.1, 0.15) is 21.5 Å². The SMILES string of the molecule is Cc1ccccc1CNC(=O)COC(=O)c1ccccc1SCC(=O)Nc1ccc2c(c1)OCO2. The summed E-state index contributed by atoms with van der Waals surface area (Å²) in [6, 6.07) is 19.7. The van der Waals surface area contributed by atoms with Gasteiger partial charge in [-0.25, -0.2) is 4.79 Å². The van der Waals surface area contributed by atoms with Crippen LogP contribution in [0.25, 0.3) is 0 Å². The average molecular weight is 493 g/mol. The van der Waals surface area contributed by atoms with Gasteiger partial charge in [0.15, 0.2) is 18.1 Å². The Kier molecular flexibility index (Phi) is 7.89. The van der Waals surface area contributed by atoms with Crippen molar-refractivity contribution in [1.29, 1.82) is 0 Å². The summed E-state index contributed by atoms with van der Waals surface area (Å²) in [4.78, 5) is 37.7. The van der Waals surface area contributed by atoms with Crippen LogP contribution in [0.3, 0.4) is 0 Å². The minimum atomic E-state index is -0.629. The van der Waals surface area contributed by atoms with Crippen molar-refractivity contribution >= 4 is 35.2 Å². The highest BCUT2D eigenvalue weighted by molar-refractivity contribution is 8.00. The Morgan fingerprint density at radius 2 is 1.71 bits per heavy atom. The minimum absolute atomic E-state index is 0.0790. The molecule has 4 rings (SSSR count). The molecular weight excluding hydrogens is 468 g/mol. The number of hydrogen-bond donors (Lipinski definition) is 2. The van der Waals surface area contributed by atoms with Gasteiger partial charge < -0.3 is 24.8 Å². The number of amides is 2. The second-order valence-corrected chi connectivity index (χ2v) is 8.70. The molecule has 0 radical (unpaired) electrons. The predicted octanol–water partition coefficient (Wildman–Crippen LogP) is 3.93. The molecule has 1 aliphatic heterocycles. The summed E-state index contributed by atoms with van der Waals surface area (Å²) < 4.78 is 15.8. The maximum Gasteiger partial charge on any atom is 0.339 e. The fourth-order valence-electron chi connectivity index (χ4n) is 3.34. The molecule has 0 unspecified atom stereocenters. The monoisotopic (exact) mass is 492 g/mol. The van der Waals surface area contributed by atoms with E-state index in [9.17, 15) is 14.4 Å². The largest absolute Gasteiger partial charge is 0.454 e. The zero-order chi connectivity index (χ0) is 24.6. The normalized spacial score (nSPS) is 11.6. The summed E-state index contributed by atoms with van der Waals surface area (Å²) in [6.45, 7) is 2.08. The molecule has 2 N–H and O–H groups in total. The molecule has 0 aliphatic carbocycles. The molecule has 0 saturated carbocycles. The van der Waals surface area contributed by atoms with Gasteiger partial charge in [0.2, 0.25) is 12.7 Å². The van der Waals surface area contributed by atoms with Crippen LogP contribution in [-0.4, -0.2) is 36.9 Å². The molecule has 0 atom stereocenters. The van der Waals surface area contributed by atoms with Crippen LogP contribution >= 0.6 is 11.8 Å². The Balaban J connectivity index is 1.27. The molecule has 3 aromatic carbocycles. The number of esters is 1. The van der Waals surface area contributed by atoms with Crippen LogP contribution in [0.5, 0.6) is 11.5 Å². The molecule has 0 bridgehead atoms. The molecule has 9 heteroatoms. The molecule has 0 spiro atoms. The molecule has 2 amide bonds. The van der Waals surface area contributed by atoms with E-state index >= 15 is 0 Å². The van der Waals surface area contributed by atoms with Gasteiger partial charge in [0.05, 0.1) is 11.3 Å². The topological polar surface area (TPSA) is 103 Å². The first-order chi connectivity index (χ1) is 17.0. The van der Waals surface area contributed by atoms with Gasteiger partial charge in [-0.2, -0.15) is 0 Å². The first-order valence-electron chi connectivity index (χ1n) is 10.9. The molecule has 0 fully saturated rings. The highest BCUT2D eigenvalue weighted by Crippen LogP contribution is 2.34. The molecule has 1 aliphatic rings. The molecule has 180 valence electrons.